The van der Waals surface area contributed by atoms with E-state index in [1.807, 2.05) is 0 Å². The molecule has 2 amide bonds. The number of fused-ring (bicyclic) bond motifs is 3. The van der Waals surface area contributed by atoms with Gasteiger partial charge >= 0.3 is 0 Å². The number of nitrogens with zero attached hydrogens (tertiary/aromatic N) is 1. The van der Waals surface area contributed by atoms with Gasteiger partial charge in [-0.25, -0.2) is 0 Å². The van der Waals surface area contributed by atoms with Gasteiger partial charge in [-0.1, -0.05) is 71.7 Å². The van der Waals surface area contributed by atoms with E-state index in [2.05, 4.69) is 0 Å². The van der Waals surface area contributed by atoms with Gasteiger partial charge in [0.05, 0.1) is 24.5 Å². The molecule has 2 aliphatic heterocycles. The molecule has 6 rings (SSSR count). The Morgan fingerprint density at radius 1 is 0.743 bits per heavy atom. The molecule has 0 aromatic heterocycles. The molecule has 2 heterocycles. The molecule has 174 valence electrons. The molecule has 3 aromatic rings. The van der Waals surface area contributed by atoms with Gasteiger partial charge < -0.3 is 4.74 Å². The van der Waals surface area contributed by atoms with Crippen molar-refractivity contribution in [2.24, 2.45) is 11.8 Å². The Morgan fingerprint density at radius 3 is 1.86 bits per heavy atom. The van der Waals surface area contributed by atoms with E-state index in [0.29, 0.717) is 21.2 Å². The summed E-state index contributed by atoms with van der Waals surface area (Å²) in [6.45, 7) is 0.000578. The minimum atomic E-state index is -2.08. The zero-order valence-electron chi connectivity index (χ0n) is 18.1. The van der Waals surface area contributed by atoms with Crippen LogP contribution in [0.15, 0.2) is 72.8 Å². The second-order valence-electron chi connectivity index (χ2n) is 8.92. The molecule has 0 unspecified atom stereocenters. The lowest BCUT2D eigenvalue weighted by Gasteiger charge is -2.27. The monoisotopic (exact) mass is 505 g/mol. The molecule has 3 atom stereocenters. The van der Waals surface area contributed by atoms with Crippen LogP contribution in [0.1, 0.15) is 37.9 Å². The summed E-state index contributed by atoms with van der Waals surface area (Å²) < 4.78 is 6.24. The first-order valence-electron chi connectivity index (χ1n) is 11.0. The van der Waals surface area contributed by atoms with Crippen LogP contribution in [0.4, 0.5) is 0 Å². The molecule has 2 saturated heterocycles. The largest absolute Gasteiger partial charge is 0.349 e. The van der Waals surface area contributed by atoms with Crippen molar-refractivity contribution in [3.8, 4) is 0 Å². The highest BCUT2D eigenvalue weighted by atomic mass is 35.5. The number of benzene rings is 3. The lowest BCUT2D eigenvalue weighted by atomic mass is 9.77. The standard InChI is InChI=1S/C27H17Cl2NO5/c28-16-9-5-14(6-10-16)13-30-25(33)20-21(26(30)34)27(35-22(20)15-7-11-17(29)12-8-15)23(31)18-3-1-2-4-19(18)24(27)32/h1-12,20-22H,13H2/t20-,21+,22-/m0/s1. The zero-order valence-corrected chi connectivity index (χ0v) is 19.6. The Bertz CT molecular complexity index is 1380. The number of rotatable bonds is 3. The summed E-state index contributed by atoms with van der Waals surface area (Å²) in [6, 6.07) is 19.8. The fourth-order valence-corrected chi connectivity index (χ4v) is 5.71. The topological polar surface area (TPSA) is 80.8 Å². The number of ketones is 2. The summed E-state index contributed by atoms with van der Waals surface area (Å²) in [4.78, 5) is 56.0. The number of halogens is 2. The smallest absolute Gasteiger partial charge is 0.237 e. The highest BCUT2D eigenvalue weighted by Crippen LogP contribution is 2.57. The van der Waals surface area contributed by atoms with Crippen molar-refractivity contribution in [1.29, 1.82) is 0 Å². The highest BCUT2D eigenvalue weighted by Gasteiger charge is 2.74. The number of carbonyl (C=O) groups is 4. The third-order valence-corrected chi connectivity index (χ3v) is 7.57. The van der Waals surface area contributed by atoms with Gasteiger partial charge in [0.25, 0.3) is 0 Å². The van der Waals surface area contributed by atoms with E-state index < -0.39 is 46.9 Å². The van der Waals surface area contributed by atoms with Gasteiger partial charge in [-0.2, -0.15) is 0 Å². The summed E-state index contributed by atoms with van der Waals surface area (Å²) in [5.41, 5.74) is -0.428. The predicted octanol–water partition coefficient (Wildman–Crippen LogP) is 4.68. The second-order valence-corrected chi connectivity index (χ2v) is 9.79. The van der Waals surface area contributed by atoms with Gasteiger partial charge in [0, 0.05) is 21.2 Å². The summed E-state index contributed by atoms with van der Waals surface area (Å²) in [5.74, 6) is -4.55. The fraction of sp³-hybridized carbons (Fsp3) is 0.185. The first kappa shape index (κ1) is 22.2. The summed E-state index contributed by atoms with van der Waals surface area (Å²) in [5, 5.41) is 1.01. The molecule has 2 fully saturated rings. The summed E-state index contributed by atoms with van der Waals surface area (Å²) >= 11 is 12.0. The van der Waals surface area contributed by atoms with Crippen LogP contribution in [0.5, 0.6) is 0 Å². The Morgan fingerprint density at radius 2 is 1.29 bits per heavy atom. The molecule has 0 radical (unpaired) electrons. The molecule has 1 spiro atoms. The molecular formula is C27H17Cl2NO5. The van der Waals surface area contributed by atoms with Crippen molar-refractivity contribution in [3.05, 3.63) is 105 Å². The van der Waals surface area contributed by atoms with E-state index in [4.69, 9.17) is 27.9 Å². The third-order valence-electron chi connectivity index (χ3n) is 7.06. The van der Waals surface area contributed by atoms with Gasteiger partial charge in [-0.05, 0) is 35.4 Å². The van der Waals surface area contributed by atoms with Crippen molar-refractivity contribution in [3.63, 3.8) is 0 Å². The van der Waals surface area contributed by atoms with Crippen molar-refractivity contribution in [1.82, 2.24) is 4.90 Å². The third kappa shape index (κ3) is 3.07. The first-order chi connectivity index (χ1) is 16.8. The molecule has 0 bridgehead atoms. The Kier molecular flexibility index (Phi) is 4.97. The van der Waals surface area contributed by atoms with Gasteiger partial charge in [0.1, 0.15) is 0 Å². The van der Waals surface area contributed by atoms with Crippen molar-refractivity contribution >= 4 is 46.6 Å². The molecule has 0 N–H and O–H groups in total. The number of imide groups is 1. The van der Waals surface area contributed by atoms with Gasteiger partial charge in [-0.3, -0.25) is 24.1 Å². The van der Waals surface area contributed by atoms with E-state index in [9.17, 15) is 19.2 Å². The SMILES string of the molecule is O=C1[C@@H]2[C@H](c3ccc(Cl)cc3)OC3(C(=O)c4ccccc4C3=O)[C@H]2C(=O)N1Cc1ccc(Cl)cc1. The van der Waals surface area contributed by atoms with Gasteiger partial charge in [0.15, 0.2) is 0 Å². The number of hydrogen-bond donors (Lipinski definition) is 0. The normalized spacial score (nSPS) is 24.4. The number of carbonyl (C=O) groups excluding carboxylic acids is 4. The summed E-state index contributed by atoms with van der Waals surface area (Å²) in [7, 11) is 0. The lowest BCUT2D eigenvalue weighted by Crippen LogP contribution is -2.50. The Balaban J connectivity index is 1.48. The van der Waals surface area contributed by atoms with Crippen LogP contribution in [0.25, 0.3) is 0 Å². The van der Waals surface area contributed by atoms with Crippen molar-refractivity contribution in [2.45, 2.75) is 18.2 Å². The van der Waals surface area contributed by atoms with Crippen LogP contribution in [0, 0.1) is 11.8 Å². The van der Waals surface area contributed by atoms with E-state index >= 15 is 0 Å². The van der Waals surface area contributed by atoms with Crippen LogP contribution < -0.4 is 0 Å². The average molecular weight is 506 g/mol. The maximum Gasteiger partial charge on any atom is 0.237 e. The predicted molar refractivity (Wildman–Crippen MR) is 127 cm³/mol. The zero-order chi connectivity index (χ0) is 24.5. The molecule has 1 aliphatic carbocycles. The quantitative estimate of drug-likeness (QED) is 0.381. The van der Waals surface area contributed by atoms with Gasteiger partial charge in [-0.15, -0.1) is 0 Å². The lowest BCUT2D eigenvalue weighted by molar-refractivity contribution is -0.145. The van der Waals surface area contributed by atoms with Crippen LogP contribution in [0.2, 0.25) is 10.0 Å². The molecule has 35 heavy (non-hydrogen) atoms. The Labute approximate surface area is 210 Å². The van der Waals surface area contributed by atoms with Crippen LogP contribution in [0.3, 0.4) is 0 Å². The van der Waals surface area contributed by atoms with Crippen LogP contribution >= 0.6 is 23.2 Å². The minimum absolute atomic E-state index is 0.000578. The number of Topliss-reactive ketones (excluding diaryl/α,β-unsaturated/α-hetero) is 2. The fourth-order valence-electron chi connectivity index (χ4n) is 5.46. The molecule has 3 aliphatic rings. The molecular weight excluding hydrogens is 489 g/mol. The molecule has 6 nitrogen and oxygen atoms in total. The second kappa shape index (κ2) is 7.85. The molecule has 8 heteroatoms. The molecule has 0 saturated carbocycles. The van der Waals surface area contributed by atoms with Crippen molar-refractivity contribution in [2.75, 3.05) is 0 Å². The minimum Gasteiger partial charge on any atom is -0.349 e. The van der Waals surface area contributed by atoms with Crippen LogP contribution in [-0.2, 0) is 20.9 Å². The highest BCUT2D eigenvalue weighted by molar-refractivity contribution is 6.35. The number of ether oxygens (including phenoxy) is 1. The first-order valence-corrected chi connectivity index (χ1v) is 11.8. The Hall–Kier alpha value is -3.32. The molecule has 3 aromatic carbocycles. The number of hydrogen-bond acceptors (Lipinski definition) is 5. The number of likely N-dealkylation sites (tertiary alicyclic amines) is 1. The maximum absolute atomic E-state index is 13.8. The van der Waals surface area contributed by atoms with Crippen molar-refractivity contribution < 1.29 is 23.9 Å². The van der Waals surface area contributed by atoms with Crippen LogP contribution in [-0.4, -0.2) is 33.9 Å². The van der Waals surface area contributed by atoms with Gasteiger partial charge in [0.2, 0.25) is 29.0 Å². The van der Waals surface area contributed by atoms with E-state index in [-0.39, 0.29) is 17.7 Å². The van der Waals surface area contributed by atoms with E-state index in [1.165, 1.54) is 0 Å². The summed E-state index contributed by atoms with van der Waals surface area (Å²) in [6.07, 6.45) is -0.967. The average Bonchev–Trinajstić information content (AvgIpc) is 3.42. The van der Waals surface area contributed by atoms with E-state index in [1.54, 1.807) is 72.8 Å². The maximum atomic E-state index is 13.8. The number of amides is 2. The van der Waals surface area contributed by atoms with E-state index in [0.717, 1.165) is 4.90 Å².